The lowest BCUT2D eigenvalue weighted by Gasteiger charge is -2.39. The van der Waals surface area contributed by atoms with E-state index < -0.39 is 0 Å². The second-order valence-electron chi connectivity index (χ2n) is 7.96. The number of rotatable bonds is 2. The SMILES string of the molecule is Cc1cccc(C2=CCC(C3CCC4(CC3)OCCO4)CC2)c1C. The molecule has 24 heavy (non-hydrogen) atoms. The molecule has 0 N–H and O–H groups in total. The zero-order valence-electron chi connectivity index (χ0n) is 15.1. The highest BCUT2D eigenvalue weighted by Gasteiger charge is 2.41. The Kier molecular flexibility index (Phi) is 4.53. The fourth-order valence-corrected chi connectivity index (χ4v) is 4.96. The van der Waals surface area contributed by atoms with Crippen molar-refractivity contribution in [1.82, 2.24) is 0 Å². The van der Waals surface area contributed by atoms with Crippen LogP contribution in [0.15, 0.2) is 24.3 Å². The molecule has 1 aromatic rings. The third-order valence-corrected chi connectivity index (χ3v) is 6.67. The Labute approximate surface area is 146 Å². The fraction of sp³-hybridized carbons (Fsp3) is 0.636. The summed E-state index contributed by atoms with van der Waals surface area (Å²) in [5.74, 6) is 1.52. The van der Waals surface area contributed by atoms with Crippen LogP contribution in [0.1, 0.15) is 61.6 Å². The zero-order valence-corrected chi connectivity index (χ0v) is 15.1. The average molecular weight is 326 g/mol. The van der Waals surface area contributed by atoms with E-state index in [4.69, 9.17) is 9.47 Å². The van der Waals surface area contributed by atoms with E-state index in [1.807, 2.05) is 0 Å². The molecule has 1 aromatic carbocycles. The number of hydrogen-bond donors (Lipinski definition) is 0. The van der Waals surface area contributed by atoms with Crippen LogP contribution in [-0.2, 0) is 9.47 Å². The Morgan fingerprint density at radius 2 is 1.71 bits per heavy atom. The first kappa shape index (κ1) is 16.4. The number of allylic oxidation sites excluding steroid dienone is 2. The molecule has 1 atom stereocenters. The van der Waals surface area contributed by atoms with Crippen LogP contribution in [0, 0.1) is 25.7 Å². The second kappa shape index (κ2) is 6.65. The first-order chi connectivity index (χ1) is 11.7. The van der Waals surface area contributed by atoms with Gasteiger partial charge in [0.15, 0.2) is 5.79 Å². The fourth-order valence-electron chi connectivity index (χ4n) is 4.96. The van der Waals surface area contributed by atoms with Gasteiger partial charge in [-0.25, -0.2) is 0 Å². The van der Waals surface area contributed by atoms with E-state index in [1.165, 1.54) is 48.8 Å². The van der Waals surface area contributed by atoms with Gasteiger partial charge >= 0.3 is 0 Å². The van der Waals surface area contributed by atoms with Crippen molar-refractivity contribution >= 4 is 5.57 Å². The molecular weight excluding hydrogens is 296 g/mol. The van der Waals surface area contributed by atoms with Gasteiger partial charge in [-0.15, -0.1) is 0 Å². The lowest BCUT2D eigenvalue weighted by atomic mass is 9.72. The van der Waals surface area contributed by atoms with E-state index in [2.05, 4.69) is 38.1 Å². The number of aryl methyl sites for hydroxylation is 1. The van der Waals surface area contributed by atoms with E-state index in [0.29, 0.717) is 0 Å². The second-order valence-corrected chi connectivity index (χ2v) is 7.96. The molecule has 2 aliphatic carbocycles. The Morgan fingerprint density at radius 3 is 2.38 bits per heavy atom. The number of benzene rings is 1. The molecule has 0 radical (unpaired) electrons. The molecule has 1 unspecified atom stereocenters. The summed E-state index contributed by atoms with van der Waals surface area (Å²) < 4.78 is 11.8. The molecule has 0 bridgehead atoms. The van der Waals surface area contributed by atoms with Crippen molar-refractivity contribution in [3.05, 3.63) is 41.0 Å². The first-order valence-electron chi connectivity index (χ1n) is 9.70. The normalized spacial score (nSPS) is 27.4. The summed E-state index contributed by atoms with van der Waals surface area (Å²) in [6, 6.07) is 6.72. The van der Waals surface area contributed by atoms with Crippen LogP contribution in [0.25, 0.3) is 5.57 Å². The van der Waals surface area contributed by atoms with E-state index >= 15 is 0 Å². The molecule has 2 heteroatoms. The van der Waals surface area contributed by atoms with Crippen LogP contribution >= 0.6 is 0 Å². The molecule has 2 nitrogen and oxygen atoms in total. The molecule has 2 fully saturated rings. The lowest BCUT2D eigenvalue weighted by Crippen LogP contribution is -2.37. The summed E-state index contributed by atoms with van der Waals surface area (Å²) in [5, 5.41) is 0. The van der Waals surface area contributed by atoms with Gasteiger partial charge in [-0.05, 0) is 80.1 Å². The van der Waals surface area contributed by atoms with Gasteiger partial charge in [0.2, 0.25) is 0 Å². The summed E-state index contributed by atoms with van der Waals surface area (Å²) in [6.07, 6.45) is 11.1. The van der Waals surface area contributed by atoms with Gasteiger partial charge in [0.1, 0.15) is 0 Å². The highest BCUT2D eigenvalue weighted by molar-refractivity contribution is 5.69. The molecule has 1 saturated carbocycles. The highest BCUT2D eigenvalue weighted by atomic mass is 16.7. The molecule has 4 rings (SSSR count). The lowest BCUT2D eigenvalue weighted by molar-refractivity contribution is -0.184. The van der Waals surface area contributed by atoms with Crippen LogP contribution in [0.4, 0.5) is 0 Å². The number of ether oxygens (including phenoxy) is 2. The van der Waals surface area contributed by atoms with Gasteiger partial charge in [0.25, 0.3) is 0 Å². The van der Waals surface area contributed by atoms with Crippen LogP contribution in [-0.4, -0.2) is 19.0 Å². The molecule has 3 aliphatic rings. The molecule has 1 aliphatic heterocycles. The van der Waals surface area contributed by atoms with Gasteiger partial charge < -0.3 is 9.47 Å². The summed E-state index contributed by atoms with van der Waals surface area (Å²) in [4.78, 5) is 0. The van der Waals surface area contributed by atoms with E-state index in [1.54, 1.807) is 5.57 Å². The molecule has 0 aromatic heterocycles. The van der Waals surface area contributed by atoms with Gasteiger partial charge in [-0.1, -0.05) is 24.3 Å². The van der Waals surface area contributed by atoms with Crippen LogP contribution in [0.5, 0.6) is 0 Å². The third-order valence-electron chi connectivity index (χ3n) is 6.67. The van der Waals surface area contributed by atoms with Crippen molar-refractivity contribution in [2.45, 2.75) is 64.6 Å². The monoisotopic (exact) mass is 326 g/mol. The van der Waals surface area contributed by atoms with Gasteiger partial charge in [-0.2, -0.15) is 0 Å². The van der Waals surface area contributed by atoms with Crippen molar-refractivity contribution in [3.63, 3.8) is 0 Å². The maximum atomic E-state index is 5.88. The van der Waals surface area contributed by atoms with Crippen molar-refractivity contribution < 1.29 is 9.47 Å². The van der Waals surface area contributed by atoms with E-state index in [-0.39, 0.29) is 5.79 Å². The molecule has 130 valence electrons. The van der Waals surface area contributed by atoms with Crippen molar-refractivity contribution in [1.29, 1.82) is 0 Å². The average Bonchev–Trinajstić information content (AvgIpc) is 3.06. The quantitative estimate of drug-likeness (QED) is 0.722. The molecule has 0 amide bonds. The van der Waals surface area contributed by atoms with Crippen molar-refractivity contribution in [2.24, 2.45) is 11.8 Å². The molecule has 1 spiro atoms. The topological polar surface area (TPSA) is 18.5 Å². The minimum absolute atomic E-state index is 0.204. The van der Waals surface area contributed by atoms with Crippen molar-refractivity contribution in [2.75, 3.05) is 13.2 Å². The molecule has 1 heterocycles. The Balaban J connectivity index is 1.39. The van der Waals surface area contributed by atoms with E-state index in [9.17, 15) is 0 Å². The Hall–Kier alpha value is -1.12. The standard InChI is InChI=1S/C22H30O2/c1-16-4-3-5-21(17(16)2)20-8-6-18(7-9-20)19-10-12-22(13-11-19)23-14-15-24-22/h3-5,8,18-19H,6-7,9-15H2,1-2H3. The summed E-state index contributed by atoms with van der Waals surface area (Å²) in [6.45, 7) is 6.06. The predicted octanol–water partition coefficient (Wildman–Crippen LogP) is 5.42. The Morgan fingerprint density at radius 1 is 0.958 bits per heavy atom. The summed E-state index contributed by atoms with van der Waals surface area (Å²) in [5.41, 5.74) is 5.91. The van der Waals surface area contributed by atoms with Crippen molar-refractivity contribution in [3.8, 4) is 0 Å². The summed E-state index contributed by atoms with van der Waals surface area (Å²) in [7, 11) is 0. The predicted molar refractivity (Wildman–Crippen MR) is 97.8 cm³/mol. The largest absolute Gasteiger partial charge is 0.348 e. The van der Waals surface area contributed by atoms with Crippen LogP contribution in [0.2, 0.25) is 0 Å². The van der Waals surface area contributed by atoms with Crippen LogP contribution < -0.4 is 0 Å². The van der Waals surface area contributed by atoms with E-state index in [0.717, 1.165) is 37.9 Å². The molecular formula is C22H30O2. The smallest absolute Gasteiger partial charge is 0.168 e. The van der Waals surface area contributed by atoms with Gasteiger partial charge in [0, 0.05) is 12.8 Å². The van der Waals surface area contributed by atoms with Crippen LogP contribution in [0.3, 0.4) is 0 Å². The third kappa shape index (κ3) is 3.07. The highest BCUT2D eigenvalue weighted by Crippen LogP contribution is 2.45. The zero-order chi connectivity index (χ0) is 16.6. The summed E-state index contributed by atoms with van der Waals surface area (Å²) >= 11 is 0. The number of hydrogen-bond acceptors (Lipinski definition) is 2. The first-order valence-corrected chi connectivity index (χ1v) is 9.70. The van der Waals surface area contributed by atoms with Gasteiger partial charge in [-0.3, -0.25) is 0 Å². The maximum absolute atomic E-state index is 5.88. The minimum atomic E-state index is -0.204. The van der Waals surface area contributed by atoms with Gasteiger partial charge in [0.05, 0.1) is 13.2 Å². The Bertz CT molecular complexity index is 615. The maximum Gasteiger partial charge on any atom is 0.168 e. The minimum Gasteiger partial charge on any atom is -0.348 e. The molecule has 1 saturated heterocycles.